The molecule has 5 rings (SSSR count). The maximum atomic E-state index is 13.1. The molecule has 0 bridgehead atoms. The summed E-state index contributed by atoms with van der Waals surface area (Å²) in [7, 11) is 1.73. The molecular formula is C24H25ClN6O. The molecule has 8 heteroatoms. The molecule has 1 aromatic carbocycles. The molecule has 32 heavy (non-hydrogen) atoms. The van der Waals surface area contributed by atoms with Gasteiger partial charge in [0.15, 0.2) is 0 Å². The van der Waals surface area contributed by atoms with Crippen LogP contribution in [-0.2, 0) is 7.05 Å². The molecule has 2 aromatic heterocycles. The molecule has 0 spiro atoms. The lowest BCUT2D eigenvalue weighted by molar-refractivity contribution is 0.589. The maximum Gasteiger partial charge on any atom is 0.259 e. The Hall–Kier alpha value is -3.16. The zero-order valence-electron chi connectivity index (χ0n) is 17.9. The van der Waals surface area contributed by atoms with Crippen LogP contribution in [-0.4, -0.2) is 40.7 Å². The van der Waals surface area contributed by atoms with Crippen LogP contribution in [0, 0.1) is 0 Å². The topological polar surface area (TPSA) is 75.1 Å². The summed E-state index contributed by atoms with van der Waals surface area (Å²) in [6.07, 6.45) is 7.36. The van der Waals surface area contributed by atoms with Crippen LogP contribution in [0.2, 0.25) is 0 Å². The normalized spacial score (nSPS) is 16.6. The summed E-state index contributed by atoms with van der Waals surface area (Å²) in [5.74, 6) is 0.451. The summed E-state index contributed by atoms with van der Waals surface area (Å²) in [6, 6.07) is 10.1. The Bertz CT molecular complexity index is 1290. The highest BCUT2D eigenvalue weighted by Gasteiger charge is 2.16. The Morgan fingerprint density at radius 2 is 2.03 bits per heavy atom. The van der Waals surface area contributed by atoms with Gasteiger partial charge in [-0.1, -0.05) is 29.8 Å². The smallest absolute Gasteiger partial charge is 0.259 e. The van der Waals surface area contributed by atoms with E-state index >= 15 is 0 Å². The average Bonchev–Trinajstić information content (AvgIpc) is 2.83. The zero-order chi connectivity index (χ0) is 22.1. The average molecular weight is 449 g/mol. The van der Waals surface area contributed by atoms with Gasteiger partial charge in [-0.25, -0.2) is 4.98 Å². The number of piperazine rings is 1. The fraction of sp³-hybridized carbons (Fsp3) is 0.292. The number of hydrogen-bond donors (Lipinski definition) is 2. The van der Waals surface area contributed by atoms with E-state index in [2.05, 4.69) is 37.6 Å². The van der Waals surface area contributed by atoms with Gasteiger partial charge in [0.2, 0.25) is 5.95 Å². The molecule has 164 valence electrons. The third kappa shape index (κ3) is 4.01. The van der Waals surface area contributed by atoms with E-state index in [0.717, 1.165) is 55.7 Å². The van der Waals surface area contributed by atoms with Gasteiger partial charge in [0.1, 0.15) is 5.65 Å². The van der Waals surface area contributed by atoms with Gasteiger partial charge >= 0.3 is 0 Å². The standard InChI is InChI=1S/C24H25ClN6O/c1-30-22-16(13-20(23(30)32)19-7-2-3-8-21(19)25)15-27-24(29-22)28-17-5-4-6-18(14-17)31-11-9-26-10-12-31/h2,4-7,13-15,26H,3,8-12H2,1H3,(H,27,28,29). The van der Waals surface area contributed by atoms with Crippen molar-refractivity contribution in [3.63, 3.8) is 0 Å². The molecule has 0 saturated carbocycles. The molecule has 7 nitrogen and oxygen atoms in total. The van der Waals surface area contributed by atoms with Gasteiger partial charge in [-0.3, -0.25) is 9.36 Å². The van der Waals surface area contributed by atoms with Crippen LogP contribution in [0.3, 0.4) is 0 Å². The molecule has 3 heterocycles. The SMILES string of the molecule is Cn1c(=O)c(C2=C(Cl)CCC=C2)cc2cnc(Nc3cccc(N4CCNCC4)c3)nc21. The van der Waals surface area contributed by atoms with Crippen molar-refractivity contribution in [1.29, 1.82) is 0 Å². The van der Waals surface area contributed by atoms with E-state index in [1.807, 2.05) is 30.4 Å². The van der Waals surface area contributed by atoms with Crippen LogP contribution in [0.25, 0.3) is 16.6 Å². The quantitative estimate of drug-likeness (QED) is 0.632. The summed E-state index contributed by atoms with van der Waals surface area (Å²) < 4.78 is 1.56. The highest BCUT2D eigenvalue weighted by atomic mass is 35.5. The van der Waals surface area contributed by atoms with E-state index in [4.69, 9.17) is 11.6 Å². The molecule has 0 amide bonds. The van der Waals surface area contributed by atoms with Crippen molar-refractivity contribution >= 4 is 45.5 Å². The van der Waals surface area contributed by atoms with E-state index in [0.29, 0.717) is 22.2 Å². The minimum Gasteiger partial charge on any atom is -0.369 e. The van der Waals surface area contributed by atoms with Crippen molar-refractivity contribution in [2.24, 2.45) is 7.05 Å². The van der Waals surface area contributed by atoms with Crippen molar-refractivity contribution in [3.05, 3.63) is 69.6 Å². The molecule has 1 aliphatic carbocycles. The number of aryl methyl sites for hydroxylation is 1. The Morgan fingerprint density at radius 1 is 1.19 bits per heavy atom. The van der Waals surface area contributed by atoms with Crippen LogP contribution in [0.1, 0.15) is 18.4 Å². The van der Waals surface area contributed by atoms with Gasteiger partial charge in [0.05, 0.1) is 0 Å². The van der Waals surface area contributed by atoms with Gasteiger partial charge < -0.3 is 15.5 Å². The van der Waals surface area contributed by atoms with E-state index in [9.17, 15) is 4.79 Å². The highest BCUT2D eigenvalue weighted by Crippen LogP contribution is 2.30. The number of aromatic nitrogens is 3. The number of benzene rings is 1. The molecular weight excluding hydrogens is 424 g/mol. The van der Waals surface area contributed by atoms with Crippen molar-refractivity contribution in [1.82, 2.24) is 19.9 Å². The van der Waals surface area contributed by atoms with Crippen LogP contribution in [0.15, 0.2) is 58.5 Å². The first-order chi connectivity index (χ1) is 15.6. The first kappa shape index (κ1) is 20.7. The van der Waals surface area contributed by atoms with Crippen molar-refractivity contribution < 1.29 is 0 Å². The van der Waals surface area contributed by atoms with Gasteiger partial charge in [-0.15, -0.1) is 0 Å². The number of pyridine rings is 1. The molecule has 1 aliphatic heterocycles. The number of anilines is 3. The van der Waals surface area contributed by atoms with Crippen molar-refractivity contribution in [3.8, 4) is 0 Å². The largest absolute Gasteiger partial charge is 0.369 e. The van der Waals surface area contributed by atoms with Gasteiger partial charge in [-0.2, -0.15) is 4.98 Å². The molecule has 0 radical (unpaired) electrons. The third-order valence-corrected chi connectivity index (χ3v) is 6.32. The van der Waals surface area contributed by atoms with Crippen LogP contribution >= 0.6 is 11.6 Å². The second-order valence-corrected chi connectivity index (χ2v) is 8.52. The van der Waals surface area contributed by atoms with E-state index in [1.54, 1.807) is 17.8 Å². The molecule has 2 aliphatic rings. The zero-order valence-corrected chi connectivity index (χ0v) is 18.7. The Kier molecular flexibility index (Phi) is 5.68. The number of fused-ring (bicyclic) bond motifs is 1. The number of nitrogens with one attached hydrogen (secondary N) is 2. The van der Waals surface area contributed by atoms with Crippen LogP contribution in [0.4, 0.5) is 17.3 Å². The number of allylic oxidation sites excluding steroid dienone is 4. The van der Waals surface area contributed by atoms with Gasteiger partial charge in [0.25, 0.3) is 5.56 Å². The summed E-state index contributed by atoms with van der Waals surface area (Å²) in [5, 5.41) is 8.16. The first-order valence-corrected chi connectivity index (χ1v) is 11.2. The number of nitrogens with zero attached hydrogens (tertiary/aromatic N) is 4. The minimum atomic E-state index is -0.123. The lowest BCUT2D eigenvalue weighted by atomic mass is 10.00. The van der Waals surface area contributed by atoms with E-state index in [-0.39, 0.29) is 5.56 Å². The summed E-state index contributed by atoms with van der Waals surface area (Å²) in [5.41, 5.74) is 3.89. The fourth-order valence-corrected chi connectivity index (χ4v) is 4.48. The molecule has 1 saturated heterocycles. The maximum absolute atomic E-state index is 13.1. The predicted octanol–water partition coefficient (Wildman–Crippen LogP) is 3.78. The molecule has 2 N–H and O–H groups in total. The van der Waals surface area contributed by atoms with Gasteiger partial charge in [0, 0.05) is 72.4 Å². The summed E-state index contributed by atoms with van der Waals surface area (Å²) >= 11 is 6.41. The minimum absolute atomic E-state index is 0.123. The van der Waals surface area contributed by atoms with Crippen LogP contribution in [0.5, 0.6) is 0 Å². The first-order valence-electron chi connectivity index (χ1n) is 10.9. The highest BCUT2D eigenvalue weighted by molar-refractivity contribution is 6.33. The summed E-state index contributed by atoms with van der Waals surface area (Å²) in [4.78, 5) is 24.5. The second kappa shape index (κ2) is 8.76. The fourth-order valence-electron chi connectivity index (χ4n) is 4.20. The number of rotatable bonds is 4. The third-order valence-electron chi connectivity index (χ3n) is 5.93. The summed E-state index contributed by atoms with van der Waals surface area (Å²) in [6.45, 7) is 3.94. The lowest BCUT2D eigenvalue weighted by Crippen LogP contribution is -2.43. The predicted molar refractivity (Wildman–Crippen MR) is 131 cm³/mol. The lowest BCUT2D eigenvalue weighted by Gasteiger charge is -2.29. The number of hydrogen-bond acceptors (Lipinski definition) is 6. The molecule has 0 atom stereocenters. The monoisotopic (exact) mass is 448 g/mol. The van der Waals surface area contributed by atoms with Gasteiger partial charge in [-0.05, 0) is 37.1 Å². The number of halogens is 1. The van der Waals surface area contributed by atoms with E-state index < -0.39 is 0 Å². The Morgan fingerprint density at radius 3 is 2.84 bits per heavy atom. The van der Waals surface area contributed by atoms with E-state index in [1.165, 1.54) is 5.69 Å². The Labute approximate surface area is 191 Å². The molecule has 1 fully saturated rings. The molecule has 0 unspecified atom stereocenters. The molecule has 3 aromatic rings. The van der Waals surface area contributed by atoms with Crippen molar-refractivity contribution in [2.45, 2.75) is 12.8 Å². The van der Waals surface area contributed by atoms with Crippen molar-refractivity contribution in [2.75, 3.05) is 36.4 Å². The van der Waals surface area contributed by atoms with Crippen LogP contribution < -0.4 is 21.1 Å². The Balaban J connectivity index is 1.47. The second-order valence-electron chi connectivity index (χ2n) is 8.07.